The smallest absolute Gasteiger partial charge is 0.255 e. The van der Waals surface area contributed by atoms with Crippen molar-refractivity contribution >= 4 is 34.8 Å². The molecule has 2 amide bonds. The van der Waals surface area contributed by atoms with E-state index in [-0.39, 0.29) is 39.7 Å². The van der Waals surface area contributed by atoms with Gasteiger partial charge in [-0.25, -0.2) is 4.39 Å². The number of ether oxygens (including phenoxy) is 1. The molecule has 5 rings (SSSR count). The van der Waals surface area contributed by atoms with E-state index < -0.39 is 5.82 Å². The number of benzene rings is 1. The number of aromatic nitrogens is 2. The van der Waals surface area contributed by atoms with Gasteiger partial charge in [0.2, 0.25) is 5.91 Å². The molecular weight excluding hydrogens is 571 g/mol. The lowest BCUT2D eigenvalue weighted by molar-refractivity contribution is -0.140. The zero-order valence-electron chi connectivity index (χ0n) is 24.8. The van der Waals surface area contributed by atoms with Crippen LogP contribution in [0.1, 0.15) is 35.5 Å². The van der Waals surface area contributed by atoms with E-state index in [2.05, 4.69) is 46.3 Å². The Morgan fingerprint density at radius 1 is 1.37 bits per heavy atom. The van der Waals surface area contributed by atoms with E-state index in [4.69, 9.17) is 16.3 Å². The summed E-state index contributed by atoms with van der Waals surface area (Å²) >= 11 is 6.27. The first-order valence-electron chi connectivity index (χ1n) is 13.9. The molecule has 1 aromatic carbocycles. The summed E-state index contributed by atoms with van der Waals surface area (Å²) in [6, 6.07) is 3.94. The molecule has 1 atom stereocenters. The van der Waals surface area contributed by atoms with Gasteiger partial charge in [0.1, 0.15) is 11.9 Å². The lowest BCUT2D eigenvalue weighted by atomic mass is 9.75. The molecule has 0 unspecified atom stereocenters. The van der Waals surface area contributed by atoms with Gasteiger partial charge in [-0.3, -0.25) is 14.6 Å². The van der Waals surface area contributed by atoms with Crippen molar-refractivity contribution in [2.75, 3.05) is 46.2 Å². The Balaban J connectivity index is 1.55. The van der Waals surface area contributed by atoms with Crippen LogP contribution < -0.4 is 15.4 Å². The van der Waals surface area contributed by atoms with Gasteiger partial charge in [-0.2, -0.15) is 0 Å². The zero-order chi connectivity index (χ0) is 30.9. The fourth-order valence-corrected chi connectivity index (χ4v) is 5.71. The Kier molecular flexibility index (Phi) is 8.49. The average molecular weight is 605 g/mol. The number of carbonyl (C=O) groups excluding carboxylic acids is 2. The van der Waals surface area contributed by atoms with E-state index in [0.717, 1.165) is 11.8 Å². The number of nitrogens with one attached hydrogen (secondary N) is 3. The lowest BCUT2D eigenvalue weighted by Crippen LogP contribution is -2.62. The molecule has 0 bridgehead atoms. The quantitative estimate of drug-likeness (QED) is 0.269. The van der Waals surface area contributed by atoms with Crippen LogP contribution >= 0.6 is 11.6 Å². The van der Waals surface area contributed by atoms with Gasteiger partial charge in [0.25, 0.3) is 5.91 Å². The largest absolute Gasteiger partial charge is 0.493 e. The number of H-pyrrole nitrogens is 1. The molecule has 9 nitrogen and oxygen atoms in total. The number of aromatic amines is 1. The van der Waals surface area contributed by atoms with Crippen molar-refractivity contribution in [3.8, 4) is 28.8 Å². The number of carbonyl (C=O) groups is 2. The highest BCUT2D eigenvalue weighted by molar-refractivity contribution is 6.32. The third kappa shape index (κ3) is 6.10. The van der Waals surface area contributed by atoms with Crippen molar-refractivity contribution in [3.05, 3.63) is 70.4 Å². The van der Waals surface area contributed by atoms with Gasteiger partial charge in [0.15, 0.2) is 5.75 Å². The summed E-state index contributed by atoms with van der Waals surface area (Å²) in [5.74, 6) is 5.91. The number of likely N-dealkylation sites (tertiary alicyclic amines) is 1. The van der Waals surface area contributed by atoms with Crippen LogP contribution in [-0.4, -0.2) is 78.5 Å². The normalized spacial score (nSPS) is 17.2. The highest BCUT2D eigenvalue weighted by Gasteiger charge is 2.46. The number of hydrogen-bond acceptors (Lipinski definition) is 6. The van der Waals surface area contributed by atoms with Gasteiger partial charge in [-0.15, -0.1) is 0 Å². The van der Waals surface area contributed by atoms with Crippen LogP contribution in [0.15, 0.2) is 42.7 Å². The Morgan fingerprint density at radius 3 is 2.88 bits per heavy atom. The van der Waals surface area contributed by atoms with Crippen LogP contribution in [0.4, 0.5) is 15.8 Å². The minimum absolute atomic E-state index is 0.0795. The third-order valence-corrected chi connectivity index (χ3v) is 7.80. The third-order valence-electron chi connectivity index (χ3n) is 7.52. The maximum atomic E-state index is 14.4. The number of hydrogen-bond donors (Lipinski definition) is 3. The van der Waals surface area contributed by atoms with Gasteiger partial charge in [0.05, 0.1) is 40.3 Å². The van der Waals surface area contributed by atoms with Crippen LogP contribution in [0.25, 0.3) is 11.3 Å². The van der Waals surface area contributed by atoms with Gasteiger partial charge >= 0.3 is 0 Å². The molecule has 0 saturated carbocycles. The molecule has 3 N–H and O–H groups in total. The van der Waals surface area contributed by atoms with Crippen molar-refractivity contribution in [2.24, 2.45) is 5.41 Å². The second kappa shape index (κ2) is 12.1. The Labute approximate surface area is 255 Å². The summed E-state index contributed by atoms with van der Waals surface area (Å²) < 4.78 is 19.9. The van der Waals surface area contributed by atoms with Gasteiger partial charge < -0.3 is 30.2 Å². The number of anilines is 2. The van der Waals surface area contributed by atoms with E-state index >= 15 is 0 Å². The summed E-state index contributed by atoms with van der Waals surface area (Å²) in [4.78, 5) is 37.4. The molecule has 2 aliphatic heterocycles. The molecule has 4 heterocycles. The Morgan fingerprint density at radius 2 is 2.16 bits per heavy atom. The molecular formula is C32H34ClFN6O3. The van der Waals surface area contributed by atoms with Gasteiger partial charge in [0, 0.05) is 67.3 Å². The molecule has 1 fully saturated rings. The van der Waals surface area contributed by atoms with Crippen LogP contribution in [0.2, 0.25) is 5.02 Å². The van der Waals surface area contributed by atoms with E-state index in [1.165, 1.54) is 13.2 Å². The highest BCUT2D eigenvalue weighted by Crippen LogP contribution is 2.42. The molecule has 1 saturated heterocycles. The van der Waals surface area contributed by atoms with E-state index in [9.17, 15) is 14.0 Å². The van der Waals surface area contributed by atoms with Crippen LogP contribution in [-0.2, 0) is 11.2 Å². The number of halogens is 2. The topological polar surface area (TPSA) is 103 Å². The predicted octanol–water partition coefficient (Wildman–Crippen LogP) is 4.61. The number of pyridine rings is 1. The molecule has 2 aromatic heterocycles. The van der Waals surface area contributed by atoms with Crippen molar-refractivity contribution in [3.63, 3.8) is 0 Å². The molecule has 3 aromatic rings. The summed E-state index contributed by atoms with van der Waals surface area (Å²) in [6.07, 6.45) is 7.31. The number of fused-ring (bicyclic) bond motifs is 1. The molecule has 0 aliphatic carbocycles. The molecule has 43 heavy (non-hydrogen) atoms. The van der Waals surface area contributed by atoms with Crippen molar-refractivity contribution in [1.82, 2.24) is 25.1 Å². The van der Waals surface area contributed by atoms with Crippen molar-refractivity contribution < 1.29 is 18.7 Å². The number of nitrogens with zero attached hydrogens (tertiary/aromatic N) is 3. The standard InChI is InChI=1S/C32H34ClFN6O3/c1-32(2)18-40(26(41)7-6-14-39(3)4)25(32)9-8-19-17-35-12-10-21(19)28-29(27-23(37-28)11-13-36-31(27)42)38-24-16-20(34)15-22(33)30(24)43-5/h6-7,10,12,15-17,25,37-38H,11,13-14,18H2,1-5H3,(H,36,42)/b7-6+/t25-/m0/s1. The maximum absolute atomic E-state index is 14.4. The fraction of sp³-hybridized carbons (Fsp3) is 0.344. The van der Waals surface area contributed by atoms with Gasteiger partial charge in [-0.1, -0.05) is 43.4 Å². The SMILES string of the molecule is COc1c(Cl)cc(F)cc1Nc1c(-c2ccncc2C#C[C@@H]2N(C(=O)/C=C/CN(C)C)CC2(C)C)[nH]c2c1C(=O)NCC2. The van der Waals surface area contributed by atoms with Gasteiger partial charge in [-0.05, 0) is 26.2 Å². The molecule has 0 spiro atoms. The van der Waals surface area contributed by atoms with Crippen molar-refractivity contribution in [2.45, 2.75) is 26.3 Å². The maximum Gasteiger partial charge on any atom is 0.255 e. The molecule has 2 aliphatic rings. The summed E-state index contributed by atoms with van der Waals surface area (Å²) in [5.41, 5.74) is 3.55. The predicted molar refractivity (Wildman–Crippen MR) is 165 cm³/mol. The van der Waals surface area contributed by atoms with Crippen LogP contribution in [0, 0.1) is 23.1 Å². The molecule has 11 heteroatoms. The average Bonchev–Trinajstić information content (AvgIpc) is 3.31. The summed E-state index contributed by atoms with van der Waals surface area (Å²) in [6.45, 7) is 5.91. The first-order valence-corrected chi connectivity index (χ1v) is 14.3. The fourth-order valence-electron chi connectivity index (χ4n) is 5.42. The second-order valence-electron chi connectivity index (χ2n) is 11.5. The second-order valence-corrected chi connectivity index (χ2v) is 11.9. The van der Waals surface area contributed by atoms with E-state index in [0.29, 0.717) is 54.1 Å². The first-order chi connectivity index (χ1) is 20.5. The minimum atomic E-state index is -0.557. The van der Waals surface area contributed by atoms with E-state index in [1.807, 2.05) is 25.1 Å². The van der Waals surface area contributed by atoms with Crippen LogP contribution in [0.5, 0.6) is 5.75 Å². The van der Waals surface area contributed by atoms with Crippen LogP contribution in [0.3, 0.4) is 0 Å². The zero-order valence-corrected chi connectivity index (χ0v) is 25.5. The molecule has 224 valence electrons. The number of amides is 2. The summed E-state index contributed by atoms with van der Waals surface area (Å²) in [5, 5.41) is 6.19. The monoisotopic (exact) mass is 604 g/mol. The Bertz CT molecular complexity index is 1670. The number of methoxy groups -OCH3 is 1. The number of rotatable bonds is 7. The van der Waals surface area contributed by atoms with E-state index in [1.54, 1.807) is 29.4 Å². The molecule has 0 radical (unpaired) electrons. The summed E-state index contributed by atoms with van der Waals surface area (Å²) in [7, 11) is 5.33. The van der Waals surface area contributed by atoms with Crippen molar-refractivity contribution in [1.29, 1.82) is 0 Å². The Hall–Kier alpha value is -4.33. The first kappa shape index (κ1) is 30.1. The number of likely N-dealkylation sites (N-methyl/N-ethyl adjacent to an activating group) is 1. The lowest BCUT2D eigenvalue weighted by Gasteiger charge is -2.51. The minimum Gasteiger partial charge on any atom is -0.493 e. The highest BCUT2D eigenvalue weighted by atomic mass is 35.5.